The molecule has 3 aromatic rings. The highest BCUT2D eigenvalue weighted by molar-refractivity contribution is 6.31. The van der Waals surface area contributed by atoms with Gasteiger partial charge in [0.1, 0.15) is 5.56 Å². The van der Waals surface area contributed by atoms with Crippen molar-refractivity contribution in [2.45, 2.75) is 13.5 Å². The average Bonchev–Trinajstić information content (AvgIpc) is 2.66. The van der Waals surface area contributed by atoms with Gasteiger partial charge in [0.15, 0.2) is 0 Å². The summed E-state index contributed by atoms with van der Waals surface area (Å²) in [6.45, 7) is 2.68. The van der Waals surface area contributed by atoms with Crippen molar-refractivity contribution in [1.82, 2.24) is 4.57 Å². The summed E-state index contributed by atoms with van der Waals surface area (Å²) in [6.07, 6.45) is 1.67. The lowest BCUT2D eigenvalue weighted by Gasteiger charge is -2.21. The highest BCUT2D eigenvalue weighted by Crippen LogP contribution is 2.17. The lowest BCUT2D eigenvalue weighted by atomic mass is 10.2. The Morgan fingerprint density at radius 2 is 1.69 bits per heavy atom. The van der Waals surface area contributed by atoms with Crippen molar-refractivity contribution in [3.05, 3.63) is 99.4 Å². The fourth-order valence-electron chi connectivity index (χ4n) is 2.83. The number of halogens is 1. The van der Waals surface area contributed by atoms with Crippen LogP contribution in [0, 0.1) is 0 Å². The van der Waals surface area contributed by atoms with Crippen LogP contribution in [0.2, 0.25) is 5.02 Å². The van der Waals surface area contributed by atoms with Crippen molar-refractivity contribution in [3.8, 4) is 0 Å². The number of nitrogens with zero attached hydrogens (tertiary/aromatic N) is 2. The van der Waals surface area contributed by atoms with Gasteiger partial charge in [0, 0.05) is 23.5 Å². The molecule has 0 N–H and O–H groups in total. The Kier molecular flexibility index (Phi) is 5.54. The van der Waals surface area contributed by atoms with Crippen LogP contribution in [0.15, 0.2) is 77.7 Å². The molecule has 3 rings (SSSR count). The number of benzene rings is 2. The van der Waals surface area contributed by atoms with Crippen molar-refractivity contribution in [2.75, 3.05) is 11.4 Å². The van der Waals surface area contributed by atoms with E-state index in [0.717, 1.165) is 11.3 Å². The van der Waals surface area contributed by atoms with Crippen LogP contribution in [-0.4, -0.2) is 17.0 Å². The molecule has 0 aliphatic rings. The third-order valence-corrected chi connectivity index (χ3v) is 4.55. The van der Waals surface area contributed by atoms with E-state index in [1.165, 1.54) is 4.57 Å². The predicted molar refractivity (Wildman–Crippen MR) is 105 cm³/mol. The van der Waals surface area contributed by atoms with E-state index in [2.05, 4.69) is 0 Å². The topological polar surface area (TPSA) is 42.3 Å². The van der Waals surface area contributed by atoms with Crippen LogP contribution >= 0.6 is 11.6 Å². The second-order valence-corrected chi connectivity index (χ2v) is 6.24. The van der Waals surface area contributed by atoms with Gasteiger partial charge in [-0.15, -0.1) is 0 Å². The predicted octanol–water partition coefficient (Wildman–Crippen LogP) is 4.22. The molecule has 5 heteroatoms. The fourth-order valence-corrected chi connectivity index (χ4v) is 3.03. The zero-order valence-electron chi connectivity index (χ0n) is 14.4. The molecule has 1 amide bonds. The molecule has 0 fully saturated rings. The number of para-hydroxylation sites is 1. The largest absolute Gasteiger partial charge is 0.310 e. The standard InChI is InChI=1S/C21H19ClN2O2/c1-2-24(17-10-4-3-5-11-17)21(26)18-12-8-14-23(20(18)25)15-16-9-6-7-13-19(16)22/h3-14H,2,15H2,1H3. The smallest absolute Gasteiger partial charge is 0.263 e. The number of carbonyl (C=O) groups excluding carboxylic acids is 1. The van der Waals surface area contributed by atoms with E-state index in [0.29, 0.717) is 18.1 Å². The summed E-state index contributed by atoms with van der Waals surface area (Å²) in [5, 5.41) is 0.593. The number of hydrogen-bond donors (Lipinski definition) is 0. The van der Waals surface area contributed by atoms with Crippen LogP contribution in [0.5, 0.6) is 0 Å². The SMILES string of the molecule is CCN(C(=O)c1cccn(Cc2ccccc2Cl)c1=O)c1ccccc1. The number of amides is 1. The molecule has 0 aliphatic carbocycles. The molecule has 4 nitrogen and oxygen atoms in total. The molecule has 1 heterocycles. The second kappa shape index (κ2) is 8.02. The quantitative estimate of drug-likeness (QED) is 0.678. The summed E-state index contributed by atoms with van der Waals surface area (Å²) in [7, 11) is 0. The molecule has 2 aromatic carbocycles. The number of pyridine rings is 1. The molecule has 0 spiro atoms. The first-order valence-electron chi connectivity index (χ1n) is 8.41. The van der Waals surface area contributed by atoms with Crippen LogP contribution in [0.3, 0.4) is 0 Å². The summed E-state index contributed by atoms with van der Waals surface area (Å²) < 4.78 is 1.51. The molecular weight excluding hydrogens is 348 g/mol. The van der Waals surface area contributed by atoms with E-state index in [-0.39, 0.29) is 17.0 Å². The highest BCUT2D eigenvalue weighted by atomic mass is 35.5. The molecule has 0 unspecified atom stereocenters. The Morgan fingerprint density at radius 3 is 2.38 bits per heavy atom. The van der Waals surface area contributed by atoms with Gasteiger partial charge >= 0.3 is 0 Å². The van der Waals surface area contributed by atoms with Gasteiger partial charge in [0.05, 0.1) is 6.54 Å². The lowest BCUT2D eigenvalue weighted by molar-refractivity contribution is 0.0986. The number of carbonyl (C=O) groups is 1. The zero-order valence-corrected chi connectivity index (χ0v) is 15.2. The number of rotatable bonds is 5. The van der Waals surface area contributed by atoms with Crippen molar-refractivity contribution >= 4 is 23.2 Å². The maximum atomic E-state index is 13.0. The Morgan fingerprint density at radius 1 is 1.00 bits per heavy atom. The summed E-state index contributed by atoms with van der Waals surface area (Å²) in [6, 6.07) is 20.0. The average molecular weight is 367 g/mol. The minimum absolute atomic E-state index is 0.144. The van der Waals surface area contributed by atoms with E-state index >= 15 is 0 Å². The number of anilines is 1. The first kappa shape index (κ1) is 18.0. The van der Waals surface area contributed by atoms with Gasteiger partial charge < -0.3 is 9.47 Å². The molecule has 0 bridgehead atoms. The molecule has 0 saturated carbocycles. The molecule has 26 heavy (non-hydrogen) atoms. The maximum absolute atomic E-state index is 13.0. The van der Waals surface area contributed by atoms with Gasteiger partial charge in [-0.3, -0.25) is 9.59 Å². The van der Waals surface area contributed by atoms with E-state index in [4.69, 9.17) is 11.6 Å². The molecule has 132 valence electrons. The Balaban J connectivity index is 1.95. The molecule has 0 atom stereocenters. The summed E-state index contributed by atoms with van der Waals surface area (Å²) in [5.41, 5.74) is 1.41. The van der Waals surface area contributed by atoms with Gasteiger partial charge in [-0.25, -0.2) is 0 Å². The normalized spacial score (nSPS) is 10.5. The lowest BCUT2D eigenvalue weighted by Crippen LogP contribution is -2.36. The third-order valence-electron chi connectivity index (χ3n) is 4.18. The minimum atomic E-state index is -0.327. The number of aromatic nitrogens is 1. The minimum Gasteiger partial charge on any atom is -0.310 e. The van der Waals surface area contributed by atoms with Crippen LogP contribution in [0.25, 0.3) is 0 Å². The van der Waals surface area contributed by atoms with Crippen molar-refractivity contribution < 1.29 is 4.79 Å². The highest BCUT2D eigenvalue weighted by Gasteiger charge is 2.20. The fraction of sp³-hybridized carbons (Fsp3) is 0.143. The summed E-state index contributed by atoms with van der Waals surface area (Å²) in [5.74, 6) is -0.308. The van der Waals surface area contributed by atoms with Gasteiger partial charge in [0.2, 0.25) is 0 Å². The molecule has 1 aromatic heterocycles. The van der Waals surface area contributed by atoms with Crippen molar-refractivity contribution in [2.24, 2.45) is 0 Å². The van der Waals surface area contributed by atoms with Crippen LogP contribution in [0.1, 0.15) is 22.8 Å². The van der Waals surface area contributed by atoms with Gasteiger partial charge in [0.25, 0.3) is 11.5 Å². The monoisotopic (exact) mass is 366 g/mol. The third kappa shape index (κ3) is 3.70. The van der Waals surface area contributed by atoms with Gasteiger partial charge in [-0.1, -0.05) is 48.0 Å². The first-order chi connectivity index (χ1) is 12.6. The molecular formula is C21H19ClN2O2. The van der Waals surface area contributed by atoms with E-state index in [1.54, 1.807) is 29.3 Å². The summed E-state index contributed by atoms with van der Waals surface area (Å²) >= 11 is 6.19. The maximum Gasteiger partial charge on any atom is 0.263 e. The van der Waals surface area contributed by atoms with Gasteiger partial charge in [-0.05, 0) is 42.8 Å². The van der Waals surface area contributed by atoms with Crippen LogP contribution < -0.4 is 10.5 Å². The van der Waals surface area contributed by atoms with Crippen LogP contribution in [-0.2, 0) is 6.54 Å². The molecule has 0 radical (unpaired) electrons. The van der Waals surface area contributed by atoms with E-state index < -0.39 is 0 Å². The number of hydrogen-bond acceptors (Lipinski definition) is 2. The first-order valence-corrected chi connectivity index (χ1v) is 8.79. The zero-order chi connectivity index (χ0) is 18.5. The Hall–Kier alpha value is -2.85. The second-order valence-electron chi connectivity index (χ2n) is 5.83. The molecule has 0 saturated heterocycles. The van der Waals surface area contributed by atoms with E-state index in [9.17, 15) is 9.59 Å². The Bertz CT molecular complexity index is 967. The summed E-state index contributed by atoms with van der Waals surface area (Å²) in [4.78, 5) is 27.4. The Labute approximate surface area is 157 Å². The van der Waals surface area contributed by atoms with Crippen LogP contribution in [0.4, 0.5) is 5.69 Å². The van der Waals surface area contributed by atoms with E-state index in [1.807, 2.05) is 55.5 Å². The molecule has 0 aliphatic heterocycles. The van der Waals surface area contributed by atoms with Gasteiger partial charge in [-0.2, -0.15) is 0 Å². The van der Waals surface area contributed by atoms with Crippen molar-refractivity contribution in [1.29, 1.82) is 0 Å². The van der Waals surface area contributed by atoms with Crippen molar-refractivity contribution in [3.63, 3.8) is 0 Å².